The molecule has 4 N–H and O–H groups in total. The van der Waals surface area contributed by atoms with E-state index < -0.39 is 17.9 Å². The minimum Gasteiger partial charge on any atom is -0.480 e. The first kappa shape index (κ1) is 22.3. The molecule has 26 heavy (non-hydrogen) atoms. The highest BCUT2D eigenvalue weighted by molar-refractivity contribution is 5.69. The summed E-state index contributed by atoms with van der Waals surface area (Å²) in [5.41, 5.74) is 0. The molecule has 0 bridgehead atoms. The number of hydrogen-bond acceptors (Lipinski definition) is 8. The predicted octanol–water partition coefficient (Wildman–Crippen LogP) is -2.59. The van der Waals surface area contributed by atoms with Crippen molar-refractivity contribution in [3.05, 3.63) is 0 Å². The monoisotopic (exact) mass is 376 g/mol. The van der Waals surface area contributed by atoms with E-state index in [4.69, 9.17) is 15.3 Å². The molecule has 0 amide bonds. The normalized spacial score (nSPS) is 20.2. The van der Waals surface area contributed by atoms with Crippen LogP contribution in [0.25, 0.3) is 0 Å². The van der Waals surface area contributed by atoms with Crippen molar-refractivity contribution >= 4 is 17.9 Å². The minimum absolute atomic E-state index is 0.161. The van der Waals surface area contributed by atoms with Crippen molar-refractivity contribution in [3.8, 4) is 0 Å². The summed E-state index contributed by atoms with van der Waals surface area (Å²) in [5, 5.41) is 36.6. The molecular weight excluding hydrogens is 348 g/mol. The number of carboxylic acid groups (broad SMARTS) is 3. The van der Waals surface area contributed by atoms with Crippen LogP contribution in [0.15, 0.2) is 0 Å². The smallest absolute Gasteiger partial charge is 0.317 e. The second-order valence-corrected chi connectivity index (χ2v) is 6.27. The maximum absolute atomic E-state index is 11.1. The Labute approximate surface area is 152 Å². The Morgan fingerprint density at radius 3 is 0.962 bits per heavy atom. The highest BCUT2D eigenvalue weighted by Crippen LogP contribution is 2.00. The number of aliphatic hydroxyl groups excluding tert-OH is 1. The first-order valence-electron chi connectivity index (χ1n) is 8.45. The largest absolute Gasteiger partial charge is 0.480 e. The van der Waals surface area contributed by atoms with Gasteiger partial charge in [-0.25, -0.2) is 0 Å². The average molecular weight is 376 g/mol. The quantitative estimate of drug-likeness (QED) is 0.371. The third-order valence-electron chi connectivity index (χ3n) is 4.21. The Balaban J connectivity index is 2.82. The van der Waals surface area contributed by atoms with E-state index in [1.54, 1.807) is 19.6 Å². The van der Waals surface area contributed by atoms with Crippen molar-refractivity contribution in [2.24, 2.45) is 0 Å². The van der Waals surface area contributed by atoms with Crippen LogP contribution in [0.1, 0.15) is 0 Å². The fraction of sp³-hybridized carbons (Fsp3) is 0.800. The number of rotatable bonds is 7. The van der Waals surface area contributed by atoms with Crippen molar-refractivity contribution in [2.45, 2.75) is 0 Å². The summed E-state index contributed by atoms with van der Waals surface area (Å²) in [6.07, 6.45) is 0. The van der Waals surface area contributed by atoms with Crippen molar-refractivity contribution in [1.29, 1.82) is 0 Å². The molecule has 0 aromatic heterocycles. The molecule has 0 aromatic rings. The summed E-state index contributed by atoms with van der Waals surface area (Å²) < 4.78 is 0. The van der Waals surface area contributed by atoms with Crippen molar-refractivity contribution < 1.29 is 34.8 Å². The first-order valence-corrected chi connectivity index (χ1v) is 8.45. The summed E-state index contributed by atoms with van der Waals surface area (Å²) in [6.45, 7) is 2.44. The summed E-state index contributed by atoms with van der Waals surface area (Å²) in [6, 6.07) is 0. The highest BCUT2D eigenvalue weighted by Gasteiger charge is 2.19. The van der Waals surface area contributed by atoms with Gasteiger partial charge in [-0.15, -0.1) is 0 Å². The van der Waals surface area contributed by atoms with Crippen LogP contribution in [-0.4, -0.2) is 137 Å². The van der Waals surface area contributed by atoms with Gasteiger partial charge < -0.3 is 20.4 Å². The van der Waals surface area contributed by atoms with Gasteiger partial charge in [0, 0.05) is 52.4 Å². The lowest BCUT2D eigenvalue weighted by molar-refractivity contribution is -0.140. The summed E-state index contributed by atoms with van der Waals surface area (Å²) in [5.74, 6) is -2.92. The number of nitrogens with zero attached hydrogens (tertiary/aromatic N) is 4. The number of aliphatic hydroxyl groups is 1. The van der Waals surface area contributed by atoms with Gasteiger partial charge in [-0.1, -0.05) is 0 Å². The van der Waals surface area contributed by atoms with Gasteiger partial charge >= 0.3 is 17.9 Å². The molecule has 1 aliphatic heterocycles. The Hall–Kier alpha value is -1.79. The number of hydrogen-bond donors (Lipinski definition) is 4. The molecule has 0 spiro atoms. The zero-order valence-corrected chi connectivity index (χ0v) is 14.8. The van der Waals surface area contributed by atoms with Crippen LogP contribution in [-0.2, 0) is 14.4 Å². The minimum atomic E-state index is -0.988. The Bertz CT molecular complexity index is 445. The van der Waals surface area contributed by atoms with Gasteiger partial charge in [0.25, 0.3) is 0 Å². The van der Waals surface area contributed by atoms with Crippen LogP contribution < -0.4 is 0 Å². The maximum atomic E-state index is 11.1. The molecule has 1 saturated heterocycles. The molecule has 0 aromatic carbocycles. The van der Waals surface area contributed by atoms with Crippen LogP contribution in [0.5, 0.6) is 0 Å². The SMILES string of the molecule is O=C(O)CN1CCN(CO)CCN(CC(=O)O)CCN(CC(=O)O)CC1. The second kappa shape index (κ2) is 11.8. The van der Waals surface area contributed by atoms with E-state index in [9.17, 15) is 19.5 Å². The highest BCUT2D eigenvalue weighted by atomic mass is 16.4. The van der Waals surface area contributed by atoms with E-state index in [0.29, 0.717) is 52.4 Å². The van der Waals surface area contributed by atoms with E-state index in [-0.39, 0.29) is 26.4 Å². The van der Waals surface area contributed by atoms with Gasteiger partial charge in [-0.3, -0.25) is 34.0 Å². The molecule has 11 heteroatoms. The fourth-order valence-corrected chi connectivity index (χ4v) is 2.77. The molecule has 0 aliphatic carbocycles. The van der Waals surface area contributed by atoms with Crippen LogP contribution in [0.4, 0.5) is 0 Å². The van der Waals surface area contributed by atoms with E-state index in [2.05, 4.69) is 0 Å². The van der Waals surface area contributed by atoms with Crippen molar-refractivity contribution in [1.82, 2.24) is 19.6 Å². The van der Waals surface area contributed by atoms with Gasteiger partial charge in [-0.05, 0) is 0 Å². The molecule has 150 valence electrons. The molecule has 1 rings (SSSR count). The van der Waals surface area contributed by atoms with E-state index in [1.165, 1.54) is 0 Å². The average Bonchev–Trinajstić information content (AvgIpc) is 2.53. The lowest BCUT2D eigenvalue weighted by Gasteiger charge is -2.32. The van der Waals surface area contributed by atoms with E-state index in [1.807, 2.05) is 0 Å². The number of carboxylic acids is 3. The second-order valence-electron chi connectivity index (χ2n) is 6.27. The molecule has 11 nitrogen and oxygen atoms in total. The van der Waals surface area contributed by atoms with Crippen LogP contribution >= 0.6 is 0 Å². The topological polar surface area (TPSA) is 145 Å². The Morgan fingerprint density at radius 2 is 0.769 bits per heavy atom. The third-order valence-corrected chi connectivity index (χ3v) is 4.21. The molecule has 1 aliphatic rings. The van der Waals surface area contributed by atoms with Gasteiger partial charge in [-0.2, -0.15) is 0 Å². The van der Waals surface area contributed by atoms with Crippen LogP contribution in [0.2, 0.25) is 0 Å². The molecule has 0 saturated carbocycles. The number of aliphatic carboxylic acids is 3. The molecule has 1 fully saturated rings. The van der Waals surface area contributed by atoms with Gasteiger partial charge in [0.05, 0.1) is 26.4 Å². The Morgan fingerprint density at radius 1 is 0.538 bits per heavy atom. The fourth-order valence-electron chi connectivity index (χ4n) is 2.77. The van der Waals surface area contributed by atoms with Crippen molar-refractivity contribution in [2.75, 3.05) is 78.7 Å². The van der Waals surface area contributed by atoms with Crippen LogP contribution in [0, 0.1) is 0 Å². The standard InChI is InChI=1S/C15H28N4O7/c20-12-19-7-5-17(10-14(23)24)3-1-16(9-13(21)22)2-4-18(6-8-19)11-15(25)26/h20H,1-12H2,(H,21,22)(H,23,24)(H,25,26). The molecule has 1 heterocycles. The summed E-state index contributed by atoms with van der Waals surface area (Å²) >= 11 is 0. The lowest BCUT2D eigenvalue weighted by Crippen LogP contribution is -2.48. The molecule has 0 radical (unpaired) electrons. The van der Waals surface area contributed by atoms with Crippen LogP contribution in [0.3, 0.4) is 0 Å². The molecule has 0 unspecified atom stereocenters. The summed E-state index contributed by atoms with van der Waals surface area (Å²) in [7, 11) is 0. The Kier molecular flexibility index (Phi) is 10.1. The predicted molar refractivity (Wildman–Crippen MR) is 90.9 cm³/mol. The zero-order valence-electron chi connectivity index (χ0n) is 14.8. The first-order chi connectivity index (χ1) is 12.3. The maximum Gasteiger partial charge on any atom is 0.317 e. The number of carbonyl (C=O) groups is 3. The van der Waals surface area contributed by atoms with Gasteiger partial charge in [0.1, 0.15) is 0 Å². The lowest BCUT2D eigenvalue weighted by atomic mass is 10.3. The molecular formula is C15H28N4O7. The zero-order chi connectivity index (χ0) is 19.5. The van der Waals surface area contributed by atoms with Gasteiger partial charge in [0.2, 0.25) is 0 Å². The van der Waals surface area contributed by atoms with Crippen molar-refractivity contribution in [3.63, 3.8) is 0 Å². The third kappa shape index (κ3) is 9.63. The van der Waals surface area contributed by atoms with E-state index in [0.717, 1.165) is 0 Å². The molecule has 0 atom stereocenters. The van der Waals surface area contributed by atoms with E-state index >= 15 is 0 Å². The summed E-state index contributed by atoms with van der Waals surface area (Å²) in [4.78, 5) is 39.9. The van der Waals surface area contributed by atoms with Gasteiger partial charge in [0.15, 0.2) is 0 Å².